The van der Waals surface area contributed by atoms with Gasteiger partial charge in [-0.3, -0.25) is 4.72 Å². The van der Waals surface area contributed by atoms with Crippen LogP contribution in [0.15, 0.2) is 72.9 Å². The Hall–Kier alpha value is -2.86. The van der Waals surface area contributed by atoms with Gasteiger partial charge in [0.1, 0.15) is 5.82 Å². The number of sulfonamides is 1. The molecule has 0 aliphatic rings. The average Bonchev–Trinajstić information content (AvgIpc) is 2.67. The van der Waals surface area contributed by atoms with E-state index in [1.54, 1.807) is 12.1 Å². The van der Waals surface area contributed by atoms with Crippen LogP contribution in [0.2, 0.25) is 0 Å². The Morgan fingerprint density at radius 1 is 0.926 bits per heavy atom. The van der Waals surface area contributed by atoms with Gasteiger partial charge in [0.2, 0.25) is 10.0 Å². The largest absolute Gasteiger partial charge is 0.366 e. The predicted octanol–water partition coefficient (Wildman–Crippen LogP) is 3.99. The monoisotopic (exact) mass is 381 g/mol. The third-order valence-corrected chi connectivity index (χ3v) is 5.38. The fourth-order valence-electron chi connectivity index (χ4n) is 2.70. The number of hydrogen-bond acceptors (Lipinski definition) is 4. The Bertz CT molecular complexity index is 972. The molecule has 2 N–H and O–H groups in total. The molecule has 0 aliphatic heterocycles. The predicted molar refractivity (Wildman–Crippen MR) is 110 cm³/mol. The van der Waals surface area contributed by atoms with Crippen molar-refractivity contribution >= 4 is 21.5 Å². The molecule has 0 radical (unpaired) electrons. The molecule has 2 aromatic carbocycles. The molecule has 0 aliphatic carbocycles. The molecule has 0 unspecified atom stereocenters. The minimum Gasteiger partial charge on any atom is -0.366 e. The molecule has 1 heterocycles. The third-order valence-electron chi connectivity index (χ3n) is 4.10. The third kappa shape index (κ3) is 6.11. The van der Waals surface area contributed by atoms with Gasteiger partial charge in [0.05, 0.1) is 17.6 Å². The van der Waals surface area contributed by atoms with Crippen LogP contribution in [0.25, 0.3) is 0 Å². The van der Waals surface area contributed by atoms with E-state index in [4.69, 9.17) is 0 Å². The van der Waals surface area contributed by atoms with Crippen molar-refractivity contribution in [2.75, 3.05) is 15.8 Å². The van der Waals surface area contributed by atoms with Crippen LogP contribution in [0.4, 0.5) is 11.5 Å². The van der Waals surface area contributed by atoms with Gasteiger partial charge in [-0.2, -0.15) is 0 Å². The second kappa shape index (κ2) is 8.68. The summed E-state index contributed by atoms with van der Waals surface area (Å²) < 4.78 is 27.1. The highest BCUT2D eigenvalue weighted by Crippen LogP contribution is 2.14. The highest BCUT2D eigenvalue weighted by atomic mass is 32.2. The molecule has 0 spiro atoms. The lowest BCUT2D eigenvalue weighted by Crippen LogP contribution is -2.18. The zero-order valence-corrected chi connectivity index (χ0v) is 16.0. The Morgan fingerprint density at radius 2 is 1.70 bits per heavy atom. The second-order valence-electron chi connectivity index (χ2n) is 6.43. The number of nitrogens with zero attached hydrogens (tertiary/aromatic N) is 1. The lowest BCUT2D eigenvalue weighted by molar-refractivity contribution is 0.600. The molecule has 0 bridgehead atoms. The first-order valence-electron chi connectivity index (χ1n) is 8.80. The SMILES string of the molecule is Cc1cccc(CNc2ccc(NS(=O)(=O)CCc3ccccc3)cn2)c1. The maximum absolute atomic E-state index is 12.2. The zero-order chi connectivity index (χ0) is 19.1. The molecule has 5 nitrogen and oxygen atoms in total. The van der Waals surface area contributed by atoms with Gasteiger partial charge in [-0.15, -0.1) is 0 Å². The topological polar surface area (TPSA) is 71.1 Å². The molecule has 140 valence electrons. The number of pyridine rings is 1. The molecular formula is C21H23N3O2S. The highest BCUT2D eigenvalue weighted by molar-refractivity contribution is 7.92. The van der Waals surface area contributed by atoms with Gasteiger partial charge in [-0.05, 0) is 36.6 Å². The summed E-state index contributed by atoms with van der Waals surface area (Å²) in [5, 5.41) is 3.24. The molecule has 3 rings (SSSR count). The van der Waals surface area contributed by atoms with Crippen LogP contribution in [-0.4, -0.2) is 19.2 Å². The maximum Gasteiger partial charge on any atom is 0.233 e. The molecule has 0 fully saturated rings. The van der Waals surface area contributed by atoms with E-state index in [0.717, 1.165) is 5.56 Å². The van der Waals surface area contributed by atoms with Gasteiger partial charge in [0.15, 0.2) is 0 Å². The van der Waals surface area contributed by atoms with E-state index in [9.17, 15) is 8.42 Å². The molecule has 1 aromatic heterocycles. The molecule has 6 heteroatoms. The zero-order valence-electron chi connectivity index (χ0n) is 15.2. The molecule has 0 saturated heterocycles. The minimum atomic E-state index is -3.42. The molecular weight excluding hydrogens is 358 g/mol. The molecule has 0 amide bonds. The fraction of sp³-hybridized carbons (Fsp3) is 0.190. The number of aryl methyl sites for hydroxylation is 2. The summed E-state index contributed by atoms with van der Waals surface area (Å²) in [4.78, 5) is 4.28. The molecule has 0 saturated carbocycles. The lowest BCUT2D eigenvalue weighted by atomic mass is 10.1. The quantitative estimate of drug-likeness (QED) is 0.619. The summed E-state index contributed by atoms with van der Waals surface area (Å²) in [6, 6.07) is 21.3. The summed E-state index contributed by atoms with van der Waals surface area (Å²) in [6.07, 6.45) is 2.00. The fourth-order valence-corrected chi connectivity index (χ4v) is 3.79. The summed E-state index contributed by atoms with van der Waals surface area (Å²) >= 11 is 0. The smallest absolute Gasteiger partial charge is 0.233 e. The number of aromatic nitrogens is 1. The Morgan fingerprint density at radius 3 is 2.41 bits per heavy atom. The first kappa shape index (κ1) is 18.9. The highest BCUT2D eigenvalue weighted by Gasteiger charge is 2.11. The van der Waals surface area contributed by atoms with Crippen molar-refractivity contribution in [2.45, 2.75) is 19.9 Å². The number of rotatable bonds is 8. The van der Waals surface area contributed by atoms with Crippen LogP contribution in [0.5, 0.6) is 0 Å². The molecule has 27 heavy (non-hydrogen) atoms. The van der Waals surface area contributed by atoms with Crippen LogP contribution < -0.4 is 10.0 Å². The normalized spacial score (nSPS) is 11.1. The standard InChI is InChI=1S/C21H23N3O2S/c1-17-6-5-9-19(14-17)15-22-21-11-10-20(16-23-21)24-27(25,26)13-12-18-7-3-2-4-8-18/h2-11,14,16,24H,12-13,15H2,1H3,(H,22,23). The van der Waals surface area contributed by atoms with E-state index >= 15 is 0 Å². The summed E-state index contributed by atoms with van der Waals surface area (Å²) in [5.41, 5.74) is 3.84. The Kier molecular flexibility index (Phi) is 6.08. The van der Waals surface area contributed by atoms with Gasteiger partial charge in [0, 0.05) is 6.54 Å². The van der Waals surface area contributed by atoms with Crippen molar-refractivity contribution in [3.63, 3.8) is 0 Å². The van der Waals surface area contributed by atoms with E-state index < -0.39 is 10.0 Å². The number of benzene rings is 2. The number of nitrogens with one attached hydrogen (secondary N) is 2. The van der Waals surface area contributed by atoms with Gasteiger partial charge in [-0.25, -0.2) is 13.4 Å². The summed E-state index contributed by atoms with van der Waals surface area (Å²) in [5.74, 6) is 0.730. The Labute approximate surface area is 160 Å². The van der Waals surface area contributed by atoms with E-state index in [-0.39, 0.29) is 5.75 Å². The number of hydrogen-bond donors (Lipinski definition) is 2. The minimum absolute atomic E-state index is 0.0321. The van der Waals surface area contributed by atoms with Crippen molar-refractivity contribution < 1.29 is 8.42 Å². The van der Waals surface area contributed by atoms with E-state index in [1.807, 2.05) is 36.4 Å². The van der Waals surface area contributed by atoms with Crippen molar-refractivity contribution in [2.24, 2.45) is 0 Å². The van der Waals surface area contributed by atoms with Gasteiger partial charge < -0.3 is 5.32 Å². The van der Waals surface area contributed by atoms with Crippen molar-refractivity contribution in [3.8, 4) is 0 Å². The van der Waals surface area contributed by atoms with E-state index in [2.05, 4.69) is 40.1 Å². The van der Waals surface area contributed by atoms with E-state index in [0.29, 0.717) is 24.5 Å². The van der Waals surface area contributed by atoms with Crippen LogP contribution in [0.3, 0.4) is 0 Å². The average molecular weight is 382 g/mol. The lowest BCUT2D eigenvalue weighted by Gasteiger charge is -2.10. The Balaban J connectivity index is 1.53. The van der Waals surface area contributed by atoms with Crippen LogP contribution in [0.1, 0.15) is 16.7 Å². The number of anilines is 2. The maximum atomic E-state index is 12.2. The van der Waals surface area contributed by atoms with Crippen molar-refractivity contribution in [1.82, 2.24) is 4.98 Å². The molecule has 3 aromatic rings. The van der Waals surface area contributed by atoms with E-state index in [1.165, 1.54) is 17.3 Å². The first-order valence-corrected chi connectivity index (χ1v) is 10.5. The van der Waals surface area contributed by atoms with Crippen LogP contribution >= 0.6 is 0 Å². The van der Waals surface area contributed by atoms with Gasteiger partial charge in [-0.1, -0.05) is 60.2 Å². The first-order chi connectivity index (χ1) is 13.0. The van der Waals surface area contributed by atoms with Crippen molar-refractivity contribution in [1.29, 1.82) is 0 Å². The van der Waals surface area contributed by atoms with Crippen LogP contribution in [-0.2, 0) is 23.0 Å². The van der Waals surface area contributed by atoms with Crippen molar-refractivity contribution in [3.05, 3.63) is 89.6 Å². The van der Waals surface area contributed by atoms with Gasteiger partial charge >= 0.3 is 0 Å². The second-order valence-corrected chi connectivity index (χ2v) is 8.27. The summed E-state index contributed by atoms with van der Waals surface area (Å²) in [7, 11) is -3.42. The summed E-state index contributed by atoms with van der Waals surface area (Å²) in [6.45, 7) is 2.72. The van der Waals surface area contributed by atoms with Gasteiger partial charge in [0.25, 0.3) is 0 Å². The van der Waals surface area contributed by atoms with Crippen LogP contribution in [0, 0.1) is 6.92 Å². The molecule has 0 atom stereocenters.